The molecule has 19 heavy (non-hydrogen) atoms. The largest absolute Gasteiger partial charge is 0.494 e. The molecular weight excluding hydrogens is 241 g/mol. The van der Waals surface area contributed by atoms with Crippen LogP contribution in [0.5, 0.6) is 5.75 Å². The number of rotatable bonds is 4. The van der Waals surface area contributed by atoms with E-state index in [0.717, 1.165) is 5.69 Å². The predicted octanol–water partition coefficient (Wildman–Crippen LogP) is 4.06. The molecule has 2 rings (SSSR count). The van der Waals surface area contributed by atoms with Crippen LogP contribution in [0.4, 0.5) is 10.1 Å². The molecule has 0 heterocycles. The summed E-state index contributed by atoms with van der Waals surface area (Å²) < 4.78 is 18.5. The van der Waals surface area contributed by atoms with Gasteiger partial charge in [-0.25, -0.2) is 4.39 Å². The van der Waals surface area contributed by atoms with Crippen LogP contribution in [0.1, 0.15) is 16.7 Å². The van der Waals surface area contributed by atoms with Gasteiger partial charge in [-0.3, -0.25) is 0 Å². The summed E-state index contributed by atoms with van der Waals surface area (Å²) >= 11 is 0. The van der Waals surface area contributed by atoms with E-state index in [9.17, 15) is 4.39 Å². The zero-order chi connectivity index (χ0) is 13.8. The highest BCUT2D eigenvalue weighted by atomic mass is 19.1. The maximum absolute atomic E-state index is 13.6. The predicted molar refractivity (Wildman–Crippen MR) is 76.2 cm³/mol. The van der Waals surface area contributed by atoms with Gasteiger partial charge in [-0.2, -0.15) is 0 Å². The van der Waals surface area contributed by atoms with Crippen LogP contribution in [0.2, 0.25) is 0 Å². The average molecular weight is 259 g/mol. The van der Waals surface area contributed by atoms with Gasteiger partial charge < -0.3 is 10.1 Å². The monoisotopic (exact) mass is 259 g/mol. The second kappa shape index (κ2) is 5.74. The van der Waals surface area contributed by atoms with Crippen molar-refractivity contribution in [1.29, 1.82) is 0 Å². The van der Waals surface area contributed by atoms with Crippen LogP contribution in [0, 0.1) is 19.7 Å². The van der Waals surface area contributed by atoms with Crippen molar-refractivity contribution in [2.45, 2.75) is 20.4 Å². The van der Waals surface area contributed by atoms with Gasteiger partial charge in [0.05, 0.1) is 7.11 Å². The first-order valence-corrected chi connectivity index (χ1v) is 6.24. The number of hydrogen-bond donors (Lipinski definition) is 1. The first kappa shape index (κ1) is 13.4. The number of methoxy groups -OCH3 is 1. The Hall–Kier alpha value is -2.03. The zero-order valence-electron chi connectivity index (χ0n) is 11.5. The SMILES string of the molecule is COc1ccc(NCc2c(C)cccc2C)cc1F. The van der Waals surface area contributed by atoms with Gasteiger partial charge in [0.15, 0.2) is 11.6 Å². The summed E-state index contributed by atoms with van der Waals surface area (Å²) in [6.45, 7) is 4.85. The summed E-state index contributed by atoms with van der Waals surface area (Å²) in [5.74, 6) is -0.0911. The Bertz CT molecular complexity index is 561. The van der Waals surface area contributed by atoms with E-state index in [1.165, 1.54) is 29.9 Å². The van der Waals surface area contributed by atoms with Crippen molar-refractivity contribution in [3.63, 3.8) is 0 Å². The summed E-state index contributed by atoms with van der Waals surface area (Å²) in [5.41, 5.74) is 4.47. The van der Waals surface area contributed by atoms with Gasteiger partial charge >= 0.3 is 0 Å². The fourth-order valence-electron chi connectivity index (χ4n) is 2.09. The minimum atomic E-state index is -0.353. The fourth-order valence-corrected chi connectivity index (χ4v) is 2.09. The molecule has 0 bridgehead atoms. The normalized spacial score (nSPS) is 10.3. The van der Waals surface area contributed by atoms with Gasteiger partial charge in [0.25, 0.3) is 0 Å². The van der Waals surface area contributed by atoms with Crippen LogP contribution in [-0.2, 0) is 6.54 Å². The smallest absolute Gasteiger partial charge is 0.167 e. The standard InChI is InChI=1S/C16H18FNO/c1-11-5-4-6-12(2)14(11)10-18-13-7-8-16(19-3)15(17)9-13/h4-9,18H,10H2,1-3H3. The summed E-state index contributed by atoms with van der Waals surface area (Å²) in [5, 5.41) is 3.24. The molecule has 0 aromatic heterocycles. The third-order valence-corrected chi connectivity index (χ3v) is 3.27. The Morgan fingerprint density at radius 2 is 1.79 bits per heavy atom. The molecule has 0 aliphatic rings. The van der Waals surface area contributed by atoms with Gasteiger partial charge in [0, 0.05) is 18.3 Å². The molecule has 0 saturated carbocycles. The minimum Gasteiger partial charge on any atom is -0.494 e. The van der Waals surface area contributed by atoms with Crippen molar-refractivity contribution in [1.82, 2.24) is 0 Å². The summed E-state index contributed by atoms with van der Waals surface area (Å²) in [7, 11) is 1.46. The second-order valence-corrected chi connectivity index (χ2v) is 4.57. The topological polar surface area (TPSA) is 21.3 Å². The molecule has 0 unspecified atom stereocenters. The number of benzene rings is 2. The Morgan fingerprint density at radius 3 is 2.37 bits per heavy atom. The van der Waals surface area contributed by atoms with Crippen molar-refractivity contribution in [3.8, 4) is 5.75 Å². The molecule has 2 aromatic carbocycles. The van der Waals surface area contributed by atoms with Crippen LogP contribution in [0.25, 0.3) is 0 Å². The Labute approximate surface area is 113 Å². The molecule has 0 aliphatic heterocycles. The van der Waals surface area contributed by atoms with Crippen molar-refractivity contribution in [3.05, 3.63) is 58.9 Å². The zero-order valence-corrected chi connectivity index (χ0v) is 11.5. The Kier molecular flexibility index (Phi) is 4.05. The van der Waals surface area contributed by atoms with Crippen LogP contribution in [0.15, 0.2) is 36.4 Å². The van der Waals surface area contributed by atoms with Crippen molar-refractivity contribution in [2.75, 3.05) is 12.4 Å². The van der Waals surface area contributed by atoms with E-state index in [1.807, 2.05) is 12.1 Å². The van der Waals surface area contributed by atoms with Gasteiger partial charge in [0.2, 0.25) is 0 Å². The van der Waals surface area contributed by atoms with Crippen LogP contribution in [-0.4, -0.2) is 7.11 Å². The lowest BCUT2D eigenvalue weighted by molar-refractivity contribution is 0.386. The summed E-state index contributed by atoms with van der Waals surface area (Å²) in [4.78, 5) is 0. The Balaban J connectivity index is 2.13. The lowest BCUT2D eigenvalue weighted by Gasteiger charge is -2.12. The van der Waals surface area contributed by atoms with Crippen LogP contribution in [0.3, 0.4) is 0 Å². The average Bonchev–Trinajstić information content (AvgIpc) is 2.38. The lowest BCUT2D eigenvalue weighted by atomic mass is 10.0. The molecule has 2 aromatic rings. The first-order chi connectivity index (χ1) is 9.11. The van der Waals surface area contributed by atoms with E-state index in [0.29, 0.717) is 6.54 Å². The van der Waals surface area contributed by atoms with Gasteiger partial charge in [-0.05, 0) is 42.7 Å². The number of ether oxygens (including phenoxy) is 1. The molecule has 2 nitrogen and oxygen atoms in total. The quantitative estimate of drug-likeness (QED) is 0.894. The van der Waals surface area contributed by atoms with E-state index in [-0.39, 0.29) is 11.6 Å². The molecule has 0 amide bonds. The molecule has 0 saturated heterocycles. The molecular formula is C16H18FNO. The van der Waals surface area contributed by atoms with Gasteiger partial charge in [-0.15, -0.1) is 0 Å². The van der Waals surface area contributed by atoms with E-state index in [1.54, 1.807) is 6.07 Å². The summed E-state index contributed by atoms with van der Waals surface area (Å²) in [6, 6.07) is 11.1. The van der Waals surface area contributed by atoms with E-state index < -0.39 is 0 Å². The van der Waals surface area contributed by atoms with Gasteiger partial charge in [0.1, 0.15) is 0 Å². The van der Waals surface area contributed by atoms with Crippen LogP contribution < -0.4 is 10.1 Å². The number of halogens is 1. The fraction of sp³-hybridized carbons (Fsp3) is 0.250. The van der Waals surface area contributed by atoms with Crippen LogP contribution >= 0.6 is 0 Å². The minimum absolute atomic E-state index is 0.262. The summed E-state index contributed by atoms with van der Waals surface area (Å²) in [6.07, 6.45) is 0. The highest BCUT2D eigenvalue weighted by Crippen LogP contribution is 2.22. The van der Waals surface area contributed by atoms with E-state index in [2.05, 4.69) is 31.3 Å². The molecule has 1 N–H and O–H groups in total. The first-order valence-electron chi connectivity index (χ1n) is 6.24. The van der Waals surface area contributed by atoms with Crippen molar-refractivity contribution < 1.29 is 9.13 Å². The third kappa shape index (κ3) is 3.05. The maximum Gasteiger partial charge on any atom is 0.167 e. The number of nitrogens with one attached hydrogen (secondary N) is 1. The highest BCUT2D eigenvalue weighted by molar-refractivity contribution is 5.48. The Morgan fingerprint density at radius 1 is 1.11 bits per heavy atom. The van der Waals surface area contributed by atoms with E-state index >= 15 is 0 Å². The number of hydrogen-bond acceptors (Lipinski definition) is 2. The molecule has 3 heteroatoms. The molecule has 0 radical (unpaired) electrons. The molecule has 0 spiro atoms. The molecule has 0 fully saturated rings. The molecule has 100 valence electrons. The van der Waals surface area contributed by atoms with Crippen molar-refractivity contribution in [2.24, 2.45) is 0 Å². The van der Waals surface area contributed by atoms with Gasteiger partial charge in [-0.1, -0.05) is 18.2 Å². The number of anilines is 1. The molecule has 0 atom stereocenters. The highest BCUT2D eigenvalue weighted by Gasteiger charge is 2.05. The maximum atomic E-state index is 13.6. The number of aryl methyl sites for hydroxylation is 2. The molecule has 0 aliphatic carbocycles. The lowest BCUT2D eigenvalue weighted by Crippen LogP contribution is -2.03. The van der Waals surface area contributed by atoms with E-state index in [4.69, 9.17) is 4.74 Å². The second-order valence-electron chi connectivity index (χ2n) is 4.57. The third-order valence-electron chi connectivity index (χ3n) is 3.27. The van der Waals surface area contributed by atoms with Crippen molar-refractivity contribution >= 4 is 5.69 Å².